The first-order valence-electron chi connectivity index (χ1n) is 48.0. The van der Waals surface area contributed by atoms with Crippen molar-refractivity contribution in [1.29, 1.82) is 0 Å². The van der Waals surface area contributed by atoms with Crippen molar-refractivity contribution < 1.29 is 4.42 Å². The Morgan fingerprint density at radius 1 is 0.181 bits per heavy atom. The van der Waals surface area contributed by atoms with Crippen LogP contribution in [0.2, 0.25) is 0 Å². The highest BCUT2D eigenvalue weighted by molar-refractivity contribution is 7.25. The molecule has 0 unspecified atom stereocenters. The van der Waals surface area contributed by atoms with E-state index in [2.05, 4.69) is 525 Å². The monoisotopic (exact) mass is 1790 g/mol. The molecule has 668 valence electrons. The third kappa shape index (κ3) is 20.0. The van der Waals surface area contributed by atoms with Crippen molar-refractivity contribution >= 4 is 161 Å². The Kier molecular flexibility index (Phi) is 27.0. The summed E-state index contributed by atoms with van der Waals surface area (Å²) in [6.07, 6.45) is 0. The van der Waals surface area contributed by atoms with E-state index in [0.717, 1.165) is 11.2 Å². The first-order valence-corrected chi connectivity index (χ1v) is 48.8. The van der Waals surface area contributed by atoms with Gasteiger partial charge in [-0.05, 0) is 303 Å². The van der Waals surface area contributed by atoms with Crippen molar-refractivity contribution in [2.24, 2.45) is 0 Å². The van der Waals surface area contributed by atoms with E-state index in [1.165, 1.54) is 233 Å². The van der Waals surface area contributed by atoms with Gasteiger partial charge in [0.25, 0.3) is 0 Å². The van der Waals surface area contributed by atoms with Crippen molar-refractivity contribution in [3.05, 3.63) is 540 Å². The average Bonchev–Trinajstić information content (AvgIpc) is 1.59. The largest absolute Gasteiger partial charge is 0.456 e. The van der Waals surface area contributed by atoms with Crippen LogP contribution in [0.4, 0.5) is 0 Å². The number of aryl methyl sites for hydroxylation is 9. The van der Waals surface area contributed by atoms with Gasteiger partial charge in [0.2, 0.25) is 0 Å². The predicted octanol–water partition coefficient (Wildman–Crippen LogP) is 39.4. The Morgan fingerprint density at radius 2 is 0.551 bits per heavy atom. The minimum Gasteiger partial charge on any atom is -0.456 e. The van der Waals surface area contributed by atoms with E-state index >= 15 is 0 Å². The zero-order valence-corrected chi connectivity index (χ0v) is 81.2. The molecule has 0 N–H and O–H groups in total. The summed E-state index contributed by atoms with van der Waals surface area (Å²) in [5, 5.41) is 31.9. The molecule has 1 nitrogen and oxygen atoms in total. The molecule has 2 heterocycles. The van der Waals surface area contributed by atoms with Gasteiger partial charge in [0.05, 0.1) is 0 Å². The van der Waals surface area contributed by atoms with Gasteiger partial charge in [0.1, 0.15) is 11.2 Å². The zero-order valence-electron chi connectivity index (χ0n) is 80.4. The lowest BCUT2D eigenvalue weighted by Crippen LogP contribution is -2.14. The van der Waals surface area contributed by atoms with Gasteiger partial charge >= 0.3 is 0 Å². The highest BCUT2D eigenvalue weighted by Gasteiger charge is 2.35. The summed E-state index contributed by atoms with van der Waals surface area (Å²) in [6.45, 7) is 24.0. The van der Waals surface area contributed by atoms with E-state index < -0.39 is 0 Å². The van der Waals surface area contributed by atoms with Crippen LogP contribution < -0.4 is 0 Å². The molecule has 24 aromatic carbocycles. The fourth-order valence-corrected chi connectivity index (χ4v) is 21.0. The molecular weight excluding hydrogens is 1680 g/mol. The lowest BCUT2D eigenvalue weighted by Gasteiger charge is -2.21. The molecule has 0 saturated carbocycles. The summed E-state index contributed by atoms with van der Waals surface area (Å²) in [7, 11) is 0. The van der Waals surface area contributed by atoms with Gasteiger partial charge in [-0.3, -0.25) is 0 Å². The van der Waals surface area contributed by atoms with Gasteiger partial charge in [0, 0.05) is 36.4 Å². The first kappa shape index (κ1) is 91.0. The Morgan fingerprint density at radius 3 is 1.19 bits per heavy atom. The maximum atomic E-state index is 5.73. The Hall–Kier alpha value is -16.1. The normalized spacial score (nSPS) is 11.5. The molecule has 0 amide bonds. The molecule has 0 radical (unpaired) electrons. The van der Waals surface area contributed by atoms with Crippen molar-refractivity contribution in [2.45, 2.75) is 81.6 Å². The second-order valence-corrected chi connectivity index (χ2v) is 38.2. The molecule has 1 aliphatic rings. The van der Waals surface area contributed by atoms with Gasteiger partial charge < -0.3 is 4.42 Å². The molecule has 138 heavy (non-hydrogen) atoms. The lowest BCUT2D eigenvalue weighted by atomic mass is 9.82. The molecule has 2 aromatic heterocycles. The van der Waals surface area contributed by atoms with Crippen molar-refractivity contribution in [3.63, 3.8) is 0 Å². The van der Waals surface area contributed by atoms with E-state index in [4.69, 9.17) is 4.42 Å². The van der Waals surface area contributed by atoms with Gasteiger partial charge in [-0.2, -0.15) is 0 Å². The molecule has 2 heteroatoms. The van der Waals surface area contributed by atoms with E-state index in [-0.39, 0.29) is 5.41 Å². The van der Waals surface area contributed by atoms with Crippen LogP contribution in [0.25, 0.3) is 183 Å². The molecule has 0 aliphatic heterocycles. The van der Waals surface area contributed by atoms with Crippen LogP contribution >= 0.6 is 11.3 Å². The summed E-state index contributed by atoms with van der Waals surface area (Å²) in [5.41, 5.74) is 24.9. The highest BCUT2D eigenvalue weighted by Crippen LogP contribution is 2.49. The van der Waals surface area contributed by atoms with E-state index in [9.17, 15) is 0 Å². The van der Waals surface area contributed by atoms with Crippen LogP contribution in [-0.2, 0) is 5.41 Å². The second kappa shape index (κ2) is 41.0. The number of hydrogen-bond donors (Lipinski definition) is 0. The summed E-state index contributed by atoms with van der Waals surface area (Å²) in [5.74, 6) is 0. The molecular formula is C136H112OS. The summed E-state index contributed by atoms with van der Waals surface area (Å²) in [4.78, 5) is 0. The van der Waals surface area contributed by atoms with Crippen LogP contribution in [0, 0.1) is 62.3 Å². The molecule has 0 fully saturated rings. The lowest BCUT2D eigenvalue weighted by molar-refractivity contribution is 0.660. The Labute approximate surface area is 814 Å². The van der Waals surface area contributed by atoms with Crippen molar-refractivity contribution in [2.75, 3.05) is 0 Å². The highest BCUT2D eigenvalue weighted by atomic mass is 32.1. The van der Waals surface area contributed by atoms with Crippen LogP contribution in [-0.4, -0.2) is 0 Å². The molecule has 0 atom stereocenters. The number of fused-ring (bicyclic) bond motifs is 21. The maximum Gasteiger partial charge on any atom is 0.135 e. The fraction of sp³-hybridized carbons (Fsp3) is 0.0882. The minimum absolute atomic E-state index is 0.152. The number of para-hydroxylation sites is 1. The van der Waals surface area contributed by atoms with Crippen LogP contribution in [0.1, 0.15) is 75.0 Å². The Balaban J connectivity index is 0.0000000993. The Bertz CT molecular complexity index is 8620. The molecule has 26 aromatic rings. The van der Waals surface area contributed by atoms with E-state index in [1.54, 1.807) is 0 Å². The minimum atomic E-state index is 0.152. The standard InChI is InChI=1S/C19H16.C16H16.5C15H12.C13H10O.C13H10S/c1-15-12-18(16-8-4-2-5-9-16)14-19(13-15)17-10-6-3-7-11-17;1-11-8-9-15-13(10-11)12-6-4-5-7-14(12)16(15,2)3;1-11-14-8-4-2-6-12(14)10-13-7-3-5-9-15(11)13;1-11-5-4-8-14-9-12-6-2-3-7-13(12)10-15(11)14;1-11-6-9-15-13(10-11)8-7-12-4-2-3-5-14(12)15;1-11-6-7-14-9-12-4-2-3-5-13(12)10-15(14)8-11;1-11-6-7-13-9-8-12-4-2-3-5-14(12)15(13)10-11;2*1-9-5-4-8-12-13(9)10-6-2-3-7-11(10)14-12/h2-14H,1H3;4-10H,1-3H3;5*2-10H,1H3;2*2-8H,1H3. The van der Waals surface area contributed by atoms with Gasteiger partial charge in [-0.15, -0.1) is 11.3 Å². The van der Waals surface area contributed by atoms with Gasteiger partial charge in [-0.1, -0.05) is 455 Å². The maximum absolute atomic E-state index is 5.73. The molecule has 0 saturated heterocycles. The summed E-state index contributed by atoms with van der Waals surface area (Å²) < 4.78 is 8.51. The topological polar surface area (TPSA) is 13.1 Å². The van der Waals surface area contributed by atoms with Crippen LogP contribution in [0.3, 0.4) is 0 Å². The predicted molar refractivity (Wildman–Crippen MR) is 604 cm³/mol. The number of benzene rings is 24. The fourth-order valence-electron chi connectivity index (χ4n) is 19.8. The molecule has 1 aliphatic carbocycles. The van der Waals surface area contributed by atoms with E-state index in [0.29, 0.717) is 0 Å². The number of rotatable bonds is 2. The van der Waals surface area contributed by atoms with Gasteiger partial charge in [-0.25, -0.2) is 0 Å². The quantitative estimate of drug-likeness (QED) is 0.124. The number of hydrogen-bond acceptors (Lipinski definition) is 2. The third-order valence-corrected chi connectivity index (χ3v) is 28.1. The average molecular weight is 1790 g/mol. The SMILES string of the molecule is Cc1c2ccccc2cc2ccccc12.Cc1cc(-c2ccccc2)cc(-c2ccccc2)c1.Cc1ccc2c(c1)-c1ccccc1C2(C)C.Cc1ccc2c(ccc3ccccc32)c1.Cc1ccc2cc3ccccc3cc2c1.Cc1ccc2ccc3ccccc3c2c1.Cc1cccc2cc3ccccc3cc12.Cc1cccc2oc3ccccc3c12.Cc1cccc2sc3ccccc3c12. The van der Waals surface area contributed by atoms with Crippen molar-refractivity contribution in [3.8, 4) is 33.4 Å². The van der Waals surface area contributed by atoms with Crippen LogP contribution in [0.5, 0.6) is 0 Å². The zero-order chi connectivity index (χ0) is 94.8. The number of thiophene rings is 1. The van der Waals surface area contributed by atoms with E-state index in [1.807, 2.05) is 41.7 Å². The smallest absolute Gasteiger partial charge is 0.135 e. The number of furan rings is 1. The van der Waals surface area contributed by atoms with Crippen molar-refractivity contribution in [1.82, 2.24) is 0 Å². The van der Waals surface area contributed by atoms with Crippen LogP contribution in [0.15, 0.2) is 484 Å². The molecule has 27 rings (SSSR count). The van der Waals surface area contributed by atoms with Gasteiger partial charge in [0.15, 0.2) is 0 Å². The summed E-state index contributed by atoms with van der Waals surface area (Å²) >= 11 is 1.88. The third-order valence-electron chi connectivity index (χ3n) is 26.9. The first-order chi connectivity index (χ1) is 67.4. The second-order valence-electron chi connectivity index (χ2n) is 37.1. The molecule has 0 bridgehead atoms. The molecule has 0 spiro atoms. The summed E-state index contributed by atoms with van der Waals surface area (Å²) in [6, 6.07) is 170.